The maximum Gasteiger partial charge on any atom is 0.389 e. The van der Waals surface area contributed by atoms with Crippen LogP contribution in [0.15, 0.2) is 48.0 Å². The van der Waals surface area contributed by atoms with Crippen LogP contribution in [0.1, 0.15) is 44.2 Å². The lowest BCUT2D eigenvalue weighted by Gasteiger charge is -2.30. The first-order chi connectivity index (χ1) is 28.2. The summed E-state index contributed by atoms with van der Waals surface area (Å²) >= 11 is 0.689. The molecule has 0 saturated carbocycles. The molecule has 0 spiro atoms. The van der Waals surface area contributed by atoms with E-state index in [0.717, 1.165) is 31.2 Å². The summed E-state index contributed by atoms with van der Waals surface area (Å²) in [6.45, 7) is -3.89. The van der Waals surface area contributed by atoms with E-state index >= 15 is 8.78 Å². The molecule has 10 atom stereocenters. The van der Waals surface area contributed by atoms with Crippen LogP contribution < -0.4 is 21.8 Å². The Labute approximate surface area is 337 Å². The number of imidazole rings is 2. The summed E-state index contributed by atoms with van der Waals surface area (Å²) in [7, 11) is -3.14. The fourth-order valence-corrected chi connectivity index (χ4v) is 11.3. The van der Waals surface area contributed by atoms with Crippen molar-refractivity contribution >= 4 is 73.3 Å². The van der Waals surface area contributed by atoms with E-state index in [2.05, 4.69) is 29.9 Å². The first-order valence-corrected chi connectivity index (χ1v) is 23.4. The number of carbonyl (C=O) groups excluding carboxylic acids is 1. The SMILES string of the molecule is B[P@@]1(=O)OC[C@H]2O[C@@H](n3cnc4c(N)ncnc43)[C@H](F)[C@@H]2O[P@](=O)(SCc2ccc(OC(=O)CCCC)cc2)OC[C@H]2O[C@@H](n3cnc4c(=O)[nH]c(N)nc43)[C@H](F)[C@@H]2O1. The number of unbranched alkanes of at least 4 members (excludes halogenated alkanes) is 1. The predicted molar refractivity (Wildman–Crippen MR) is 208 cm³/mol. The molecule has 5 aromatic rings. The van der Waals surface area contributed by atoms with Gasteiger partial charge in [-0.2, -0.15) is 4.98 Å². The summed E-state index contributed by atoms with van der Waals surface area (Å²) in [4.78, 5) is 47.2. The molecule has 59 heavy (non-hydrogen) atoms. The summed E-state index contributed by atoms with van der Waals surface area (Å²) in [5, 5.41) is 0. The molecule has 4 aromatic heterocycles. The van der Waals surface area contributed by atoms with Gasteiger partial charge < -0.3 is 34.7 Å². The molecule has 0 aliphatic carbocycles. The van der Waals surface area contributed by atoms with Gasteiger partial charge in [-0.3, -0.25) is 37.3 Å². The van der Waals surface area contributed by atoms with Gasteiger partial charge in [0, 0.05) is 12.2 Å². The van der Waals surface area contributed by atoms with Gasteiger partial charge in [-0.05, 0) is 35.5 Å². The second kappa shape index (κ2) is 16.6. The molecule has 3 aliphatic heterocycles. The van der Waals surface area contributed by atoms with Gasteiger partial charge in [-0.15, -0.1) is 0 Å². The molecule has 3 saturated heterocycles. The average Bonchev–Trinajstić information content (AvgIpc) is 3.96. The van der Waals surface area contributed by atoms with Crippen molar-refractivity contribution < 1.29 is 55.0 Å². The first-order valence-electron chi connectivity index (χ1n) is 18.2. The van der Waals surface area contributed by atoms with Gasteiger partial charge in [0.25, 0.3) is 20.6 Å². The van der Waals surface area contributed by atoms with Crippen LogP contribution in [0.4, 0.5) is 20.5 Å². The molecular weight excluding hydrogens is 843 g/mol. The van der Waals surface area contributed by atoms with Gasteiger partial charge in [-0.25, -0.2) is 33.3 Å². The Morgan fingerprint density at radius 1 is 0.949 bits per heavy atom. The quantitative estimate of drug-likeness (QED) is 0.0829. The predicted octanol–water partition coefficient (Wildman–Crippen LogP) is 3.29. The van der Waals surface area contributed by atoms with Gasteiger partial charge in [0.1, 0.15) is 42.0 Å². The van der Waals surface area contributed by atoms with Crippen LogP contribution in [0.3, 0.4) is 0 Å². The van der Waals surface area contributed by atoms with Crippen LogP contribution in [0, 0.1) is 0 Å². The number of fused-ring (bicyclic) bond motifs is 4. The third-order valence-corrected chi connectivity index (χ3v) is 14.5. The van der Waals surface area contributed by atoms with Crippen molar-refractivity contribution in [3.05, 3.63) is 59.2 Å². The van der Waals surface area contributed by atoms with Gasteiger partial charge in [0.2, 0.25) is 5.95 Å². The van der Waals surface area contributed by atoms with Gasteiger partial charge in [0.15, 0.2) is 47.4 Å². The summed E-state index contributed by atoms with van der Waals surface area (Å²) in [5.74, 6) is -0.333. The first kappa shape index (κ1) is 41.4. The van der Waals surface area contributed by atoms with Crippen molar-refractivity contribution in [2.24, 2.45) is 0 Å². The lowest BCUT2D eigenvalue weighted by molar-refractivity contribution is -0.134. The number of nitrogens with two attached hydrogens (primary N) is 2. The Morgan fingerprint density at radius 3 is 2.29 bits per heavy atom. The third-order valence-electron chi connectivity index (χ3n) is 9.63. The second-order valence-corrected chi connectivity index (χ2v) is 19.9. The number of aromatic nitrogens is 8. The molecule has 8 rings (SSSR count). The Morgan fingerprint density at radius 2 is 1.59 bits per heavy atom. The highest BCUT2D eigenvalue weighted by Crippen LogP contribution is 2.65. The van der Waals surface area contributed by atoms with E-state index in [9.17, 15) is 18.7 Å². The van der Waals surface area contributed by atoms with E-state index in [-0.39, 0.29) is 52.2 Å². The lowest BCUT2D eigenvalue weighted by Crippen LogP contribution is -2.37. The minimum absolute atomic E-state index is 0.0224. The van der Waals surface area contributed by atoms with E-state index in [0.29, 0.717) is 29.1 Å². The number of ether oxygens (including phenoxy) is 3. The molecule has 0 amide bonds. The average molecular weight is 881 g/mol. The largest absolute Gasteiger partial charge is 0.427 e. The number of nitrogen functional groups attached to an aromatic ring is 2. The molecule has 21 nitrogen and oxygen atoms in total. The van der Waals surface area contributed by atoms with E-state index in [1.54, 1.807) is 24.3 Å². The summed E-state index contributed by atoms with van der Waals surface area (Å²) in [6.07, 6.45) is -8.15. The van der Waals surface area contributed by atoms with Crippen LogP contribution in [0.25, 0.3) is 22.3 Å². The zero-order chi connectivity index (χ0) is 41.6. The molecule has 314 valence electrons. The number of carbonyl (C=O) groups is 1. The van der Waals surface area contributed by atoms with Gasteiger partial charge >= 0.3 is 12.8 Å². The van der Waals surface area contributed by atoms with Crippen molar-refractivity contribution in [1.29, 1.82) is 0 Å². The number of esters is 1. The minimum atomic E-state index is -4.51. The third kappa shape index (κ3) is 8.53. The highest BCUT2D eigenvalue weighted by molar-refractivity contribution is 8.54. The van der Waals surface area contributed by atoms with Crippen molar-refractivity contribution in [2.75, 3.05) is 24.7 Å². The zero-order valence-corrected chi connectivity index (χ0v) is 33.8. The molecule has 1 aromatic carbocycles. The topological polar surface area (TPSA) is 275 Å². The Bertz CT molecular complexity index is 2520. The van der Waals surface area contributed by atoms with E-state index < -0.39 is 82.3 Å². The fourth-order valence-electron chi connectivity index (χ4n) is 6.72. The minimum Gasteiger partial charge on any atom is -0.427 e. The monoisotopic (exact) mass is 880 g/mol. The molecule has 3 aliphatic rings. The number of nitrogens with zero attached hydrogens (tertiary/aromatic N) is 7. The normalized spacial score (nSPS) is 31.4. The molecule has 3 fully saturated rings. The number of benzene rings is 1. The number of hydrogen-bond acceptors (Lipinski definition) is 19. The number of anilines is 2. The number of rotatable bonds is 9. The number of alkyl halides is 2. The second-order valence-electron chi connectivity index (χ2n) is 13.8. The number of nitrogens with one attached hydrogen (secondary N) is 1. The summed E-state index contributed by atoms with van der Waals surface area (Å²) in [6, 6.07) is 6.42. The molecule has 0 bridgehead atoms. The number of hydrogen-bond donors (Lipinski definition) is 3. The van der Waals surface area contributed by atoms with Crippen LogP contribution in [0.5, 0.6) is 5.75 Å². The van der Waals surface area contributed by atoms with Crippen molar-refractivity contribution in [2.45, 2.75) is 81.2 Å². The van der Waals surface area contributed by atoms with E-state index in [4.69, 9.17) is 43.8 Å². The standard InChI is InChI=1S/C32H37BF2N10O11P2S/c1-2-3-4-19(46)52-16-7-5-15(6-8-16)11-59-58(49)51-10-18-24(20(34)31(54-18)45-14-41-23-28(45)42-32(37)43-29(23)47)55-57(33,48)50-9-17-25(56-58)21(35)30(53-17)44-13-40-22-26(36)38-12-39-27(22)44/h5-8,12-14,17-18,20-21,24-25,30-31H,2-4,9-11,33H2,1H3,(H2,36,38,39)(H3,37,42,43,47)/t17-,18-,20-,21-,24-,25-,30-,31-,57-,58-/m1/s1. The molecule has 7 heterocycles. The van der Waals surface area contributed by atoms with Crippen LogP contribution >= 0.6 is 25.7 Å². The van der Waals surface area contributed by atoms with Gasteiger partial charge in [0.05, 0.1) is 25.9 Å². The number of aromatic amines is 1. The van der Waals surface area contributed by atoms with Crippen molar-refractivity contribution in [3.63, 3.8) is 0 Å². The molecule has 0 unspecified atom stereocenters. The maximum atomic E-state index is 16.8. The van der Waals surface area contributed by atoms with Crippen LogP contribution in [-0.4, -0.2) is 103 Å². The Hall–Kier alpha value is -4.32. The Balaban J connectivity index is 1.09. The Kier molecular flexibility index (Phi) is 11.7. The number of halogens is 2. The summed E-state index contributed by atoms with van der Waals surface area (Å²) < 4.78 is 105. The molecule has 27 heteroatoms. The van der Waals surface area contributed by atoms with E-state index in [1.807, 2.05) is 6.92 Å². The fraction of sp³-hybridized carbons (Fsp3) is 0.469. The molecule has 5 N–H and O–H groups in total. The van der Waals surface area contributed by atoms with Crippen LogP contribution in [-0.2, 0) is 47.2 Å². The van der Waals surface area contributed by atoms with E-state index in [1.165, 1.54) is 10.9 Å². The highest BCUT2D eigenvalue weighted by Gasteiger charge is 2.54. The van der Waals surface area contributed by atoms with Gasteiger partial charge in [-0.1, -0.05) is 25.5 Å². The maximum absolute atomic E-state index is 16.8. The van der Waals surface area contributed by atoms with Crippen LogP contribution in [0.2, 0.25) is 0 Å². The smallest absolute Gasteiger partial charge is 0.389 e. The van der Waals surface area contributed by atoms with Crippen molar-refractivity contribution in [1.82, 2.24) is 39.0 Å². The molecular formula is C32H37BF2N10O11P2S. The molecule has 0 radical (unpaired) electrons. The lowest BCUT2D eigenvalue weighted by atomic mass is 10.1. The zero-order valence-electron chi connectivity index (χ0n) is 31.2. The highest BCUT2D eigenvalue weighted by atomic mass is 32.7. The summed E-state index contributed by atoms with van der Waals surface area (Å²) in [5.41, 5.74) is 11.6. The van der Waals surface area contributed by atoms with Crippen molar-refractivity contribution in [3.8, 4) is 5.75 Å². The number of H-pyrrole nitrogens is 1.